The second-order valence-corrected chi connectivity index (χ2v) is 8.34. The number of piperidine rings is 1. The van der Waals surface area contributed by atoms with Crippen molar-refractivity contribution in [1.29, 1.82) is 0 Å². The van der Waals surface area contributed by atoms with Gasteiger partial charge in [-0.1, -0.05) is 27.7 Å². The molecule has 1 amide bonds. The Hall–Kier alpha value is -2.09. The average molecular weight is 393 g/mol. The largest absolute Gasteiger partial charge is 0.443 e. The van der Waals surface area contributed by atoms with Crippen LogP contribution in [0.5, 0.6) is 0 Å². The van der Waals surface area contributed by atoms with Crippen molar-refractivity contribution in [3.63, 3.8) is 0 Å². The first-order chi connectivity index (χ1) is 13.3. The van der Waals surface area contributed by atoms with Crippen LogP contribution in [0.25, 0.3) is 0 Å². The number of guanidine groups is 1. The van der Waals surface area contributed by atoms with Crippen molar-refractivity contribution in [1.82, 2.24) is 25.8 Å². The van der Waals surface area contributed by atoms with Gasteiger partial charge in [0, 0.05) is 38.1 Å². The highest BCUT2D eigenvalue weighted by molar-refractivity contribution is 5.80. The third kappa shape index (κ3) is 7.14. The molecule has 0 atom stereocenters. The van der Waals surface area contributed by atoms with Gasteiger partial charge >= 0.3 is 0 Å². The lowest BCUT2D eigenvalue weighted by Gasteiger charge is -2.32. The van der Waals surface area contributed by atoms with Gasteiger partial charge in [-0.15, -0.1) is 0 Å². The molecule has 1 fully saturated rings. The van der Waals surface area contributed by atoms with E-state index in [-0.39, 0.29) is 11.3 Å². The number of hydrogen-bond donors (Lipinski definition) is 3. The summed E-state index contributed by atoms with van der Waals surface area (Å²) >= 11 is 0. The van der Waals surface area contributed by atoms with Gasteiger partial charge in [0.25, 0.3) is 0 Å². The molecule has 0 aromatic carbocycles. The van der Waals surface area contributed by atoms with Gasteiger partial charge in [-0.05, 0) is 19.3 Å². The summed E-state index contributed by atoms with van der Waals surface area (Å²) in [7, 11) is 1.76. The first-order valence-corrected chi connectivity index (χ1v) is 10.2. The molecule has 0 bridgehead atoms. The van der Waals surface area contributed by atoms with Gasteiger partial charge in [-0.2, -0.15) is 0 Å². The van der Waals surface area contributed by atoms with Gasteiger partial charge in [-0.25, -0.2) is 4.98 Å². The Labute approximate surface area is 168 Å². The van der Waals surface area contributed by atoms with Crippen LogP contribution in [0, 0.1) is 0 Å². The molecule has 1 aliphatic heterocycles. The number of oxazole rings is 1. The Morgan fingerprint density at radius 3 is 2.61 bits per heavy atom. The van der Waals surface area contributed by atoms with Crippen LogP contribution >= 0.6 is 0 Å². The van der Waals surface area contributed by atoms with Gasteiger partial charge in [0.2, 0.25) is 11.8 Å². The summed E-state index contributed by atoms with van der Waals surface area (Å²) in [4.78, 5) is 22.7. The zero-order chi connectivity index (χ0) is 20.6. The van der Waals surface area contributed by atoms with Crippen LogP contribution in [0.3, 0.4) is 0 Å². The van der Waals surface area contributed by atoms with E-state index >= 15 is 0 Å². The maximum Gasteiger partial charge on any atom is 0.234 e. The minimum absolute atomic E-state index is 0.0490. The predicted octanol–water partition coefficient (Wildman–Crippen LogP) is 1.63. The van der Waals surface area contributed by atoms with Crippen LogP contribution < -0.4 is 16.0 Å². The Morgan fingerprint density at radius 1 is 1.32 bits per heavy atom. The maximum atomic E-state index is 11.8. The van der Waals surface area contributed by atoms with Gasteiger partial charge in [0.15, 0.2) is 5.96 Å². The van der Waals surface area contributed by atoms with E-state index in [1.54, 1.807) is 13.2 Å². The highest BCUT2D eigenvalue weighted by atomic mass is 16.4. The Bertz CT molecular complexity index is 641. The van der Waals surface area contributed by atoms with Crippen molar-refractivity contribution in [2.75, 3.05) is 33.2 Å². The van der Waals surface area contributed by atoms with Crippen LogP contribution in [0.1, 0.15) is 58.6 Å². The number of aromatic nitrogens is 1. The van der Waals surface area contributed by atoms with Crippen LogP contribution in [0.15, 0.2) is 15.6 Å². The van der Waals surface area contributed by atoms with Crippen LogP contribution in [0.4, 0.5) is 0 Å². The van der Waals surface area contributed by atoms with Gasteiger partial charge in [0.1, 0.15) is 5.76 Å². The van der Waals surface area contributed by atoms with Crippen molar-refractivity contribution < 1.29 is 9.21 Å². The number of carbonyl (C=O) groups is 1. The lowest BCUT2D eigenvalue weighted by Crippen LogP contribution is -2.50. The summed E-state index contributed by atoms with van der Waals surface area (Å²) in [5.41, 5.74) is -0.0490. The van der Waals surface area contributed by atoms with Crippen molar-refractivity contribution in [3.8, 4) is 0 Å². The second kappa shape index (κ2) is 10.5. The molecular weight excluding hydrogens is 356 g/mol. The molecule has 1 aromatic rings. The molecule has 0 saturated carbocycles. The van der Waals surface area contributed by atoms with Crippen LogP contribution in [0.2, 0.25) is 0 Å². The molecule has 1 saturated heterocycles. The van der Waals surface area contributed by atoms with E-state index in [1.165, 1.54) is 0 Å². The van der Waals surface area contributed by atoms with Crippen molar-refractivity contribution >= 4 is 11.9 Å². The molecular formula is C20H36N6O2. The third-order valence-corrected chi connectivity index (χ3v) is 4.79. The molecule has 8 heteroatoms. The Balaban J connectivity index is 1.72. The van der Waals surface area contributed by atoms with Crippen LogP contribution in [-0.2, 0) is 16.8 Å². The second-order valence-electron chi connectivity index (χ2n) is 8.34. The third-order valence-electron chi connectivity index (χ3n) is 4.79. The summed E-state index contributed by atoms with van der Waals surface area (Å²) in [6, 6.07) is 0.343. The van der Waals surface area contributed by atoms with E-state index in [4.69, 9.17) is 4.42 Å². The number of nitrogens with zero attached hydrogens (tertiary/aromatic N) is 3. The van der Waals surface area contributed by atoms with E-state index in [0.717, 1.165) is 50.6 Å². The first-order valence-electron chi connectivity index (χ1n) is 10.2. The smallest absolute Gasteiger partial charge is 0.234 e. The van der Waals surface area contributed by atoms with E-state index < -0.39 is 0 Å². The molecule has 0 radical (unpaired) electrons. The van der Waals surface area contributed by atoms with Crippen molar-refractivity contribution in [2.24, 2.45) is 4.99 Å². The Kier molecular flexibility index (Phi) is 8.29. The van der Waals surface area contributed by atoms with Gasteiger partial charge in [0.05, 0.1) is 19.3 Å². The molecule has 0 unspecified atom stereocenters. The first kappa shape index (κ1) is 22.2. The summed E-state index contributed by atoms with van der Waals surface area (Å²) in [5, 5.41) is 9.67. The number of carbonyl (C=O) groups excluding carboxylic acids is 1. The van der Waals surface area contributed by atoms with Crippen molar-refractivity contribution in [2.45, 2.75) is 65.0 Å². The number of rotatable bonds is 7. The van der Waals surface area contributed by atoms with Gasteiger partial charge < -0.3 is 20.4 Å². The summed E-state index contributed by atoms with van der Waals surface area (Å²) < 4.78 is 5.81. The number of hydrogen-bond acceptors (Lipinski definition) is 5. The molecule has 158 valence electrons. The molecule has 2 heterocycles. The topological polar surface area (TPSA) is 94.8 Å². The molecule has 1 aromatic heterocycles. The molecule has 2 rings (SSSR count). The van der Waals surface area contributed by atoms with Gasteiger partial charge in [-0.3, -0.25) is 14.7 Å². The Morgan fingerprint density at radius 2 is 2.04 bits per heavy atom. The lowest BCUT2D eigenvalue weighted by atomic mass is 9.94. The molecule has 0 spiro atoms. The highest BCUT2D eigenvalue weighted by Crippen LogP contribution is 2.22. The van der Waals surface area contributed by atoms with E-state index in [0.29, 0.717) is 25.0 Å². The monoisotopic (exact) mass is 392 g/mol. The predicted molar refractivity (Wildman–Crippen MR) is 111 cm³/mol. The fraction of sp³-hybridized carbons (Fsp3) is 0.750. The zero-order valence-electron chi connectivity index (χ0n) is 18.0. The molecule has 1 aliphatic rings. The van der Waals surface area contributed by atoms with E-state index in [2.05, 4.69) is 58.5 Å². The summed E-state index contributed by atoms with van der Waals surface area (Å²) in [6.07, 6.45) is 4.72. The zero-order valence-corrected chi connectivity index (χ0v) is 18.0. The number of aliphatic imine (C=N–C) groups is 1. The van der Waals surface area contributed by atoms with Crippen molar-refractivity contribution in [3.05, 3.63) is 17.8 Å². The minimum Gasteiger partial charge on any atom is -0.443 e. The number of nitrogens with one attached hydrogen (secondary N) is 3. The average Bonchev–Trinajstić information content (AvgIpc) is 3.14. The quantitative estimate of drug-likeness (QED) is 0.482. The molecule has 3 N–H and O–H groups in total. The van der Waals surface area contributed by atoms with Crippen LogP contribution in [-0.4, -0.2) is 61.0 Å². The molecule has 28 heavy (non-hydrogen) atoms. The highest BCUT2D eigenvalue weighted by Gasteiger charge is 2.22. The maximum absolute atomic E-state index is 11.8. The lowest BCUT2D eigenvalue weighted by molar-refractivity contribution is -0.122. The molecule has 0 aliphatic carbocycles. The summed E-state index contributed by atoms with van der Waals surface area (Å²) in [5.74, 6) is 2.39. The molecule has 8 nitrogen and oxygen atoms in total. The normalized spacial score (nSPS) is 16.8. The number of likely N-dealkylation sites (tertiary alicyclic amines) is 1. The summed E-state index contributed by atoms with van der Waals surface area (Å²) in [6.45, 7) is 11.9. The fourth-order valence-electron chi connectivity index (χ4n) is 3.04. The van der Waals surface area contributed by atoms with E-state index in [1.807, 2.05) is 0 Å². The van der Waals surface area contributed by atoms with E-state index in [9.17, 15) is 4.79 Å². The standard InChI is InChI=1S/C20H36N6O2/c1-6-9-22-17(27)14-26-10-7-15(8-11-26)25-19(21-5)24-13-18-23-12-16(28-18)20(2,3)4/h12,15H,6-11,13-14H2,1-5H3,(H,22,27)(H2,21,24,25). The fourth-order valence-corrected chi connectivity index (χ4v) is 3.04. The SMILES string of the molecule is CCCNC(=O)CN1CCC(NC(=NC)NCc2ncc(C(C)(C)C)o2)CC1. The minimum atomic E-state index is -0.0490. The number of amides is 1.